The number of furan rings is 2. The van der Waals surface area contributed by atoms with Crippen LogP contribution in [-0.4, -0.2) is 26.4 Å². The van der Waals surface area contributed by atoms with E-state index in [0.29, 0.717) is 49.3 Å². The number of hydrogen-bond donors (Lipinski definition) is 2. The number of benzene rings is 1. The van der Waals surface area contributed by atoms with Crippen molar-refractivity contribution in [2.24, 2.45) is 0 Å². The lowest BCUT2D eigenvalue weighted by atomic mass is 10.2. The molecule has 0 aliphatic heterocycles. The predicted octanol–water partition coefficient (Wildman–Crippen LogP) is 10.7. The second-order valence-electron chi connectivity index (χ2n) is 10.5. The fourth-order valence-corrected chi connectivity index (χ4v) is 8.01. The van der Waals surface area contributed by atoms with Gasteiger partial charge in [-0.25, -0.2) is 0 Å². The van der Waals surface area contributed by atoms with Gasteiger partial charge in [0.15, 0.2) is 11.6 Å². The molecule has 0 spiro atoms. The molecular formula is C32H50N2O8P2. The number of anilines is 2. The third-order valence-corrected chi connectivity index (χ3v) is 11.0. The summed E-state index contributed by atoms with van der Waals surface area (Å²) in [5.74, 6) is -0.785. The van der Waals surface area contributed by atoms with E-state index in [-0.39, 0.29) is 0 Å². The molecule has 1 aromatic carbocycles. The molecule has 2 unspecified atom stereocenters. The summed E-state index contributed by atoms with van der Waals surface area (Å²) in [5.41, 5.74) is 1.35. The minimum absolute atomic E-state index is 0.316. The Bertz CT molecular complexity index is 1130. The van der Waals surface area contributed by atoms with Crippen LogP contribution in [-0.2, 0) is 27.2 Å². The highest BCUT2D eigenvalue weighted by Gasteiger charge is 2.41. The first kappa shape index (κ1) is 36.2. The maximum atomic E-state index is 14.2. The molecule has 0 saturated carbocycles. The van der Waals surface area contributed by atoms with Crippen LogP contribution in [0.5, 0.6) is 0 Å². The molecule has 0 radical (unpaired) electrons. The van der Waals surface area contributed by atoms with Crippen LogP contribution in [0.1, 0.15) is 102 Å². The summed E-state index contributed by atoms with van der Waals surface area (Å²) < 4.78 is 63.5. The first-order valence-corrected chi connectivity index (χ1v) is 19.1. The topological polar surface area (TPSA) is 121 Å². The number of hydrogen-bond acceptors (Lipinski definition) is 10. The van der Waals surface area contributed by atoms with E-state index in [1.54, 1.807) is 24.3 Å². The molecule has 3 rings (SSSR count). The molecule has 0 saturated heterocycles. The van der Waals surface area contributed by atoms with Crippen molar-refractivity contribution in [1.82, 2.24) is 0 Å². The summed E-state index contributed by atoms with van der Waals surface area (Å²) >= 11 is 0. The van der Waals surface area contributed by atoms with Crippen molar-refractivity contribution in [3.05, 3.63) is 72.6 Å². The lowest BCUT2D eigenvalue weighted by Crippen LogP contribution is -2.16. The largest absolute Gasteiger partial charge is 0.466 e. The molecule has 0 aliphatic rings. The first-order chi connectivity index (χ1) is 21.4. The fourth-order valence-electron chi connectivity index (χ4n) is 4.20. The molecule has 246 valence electrons. The molecule has 0 fully saturated rings. The summed E-state index contributed by atoms with van der Waals surface area (Å²) in [4.78, 5) is 0. The van der Waals surface area contributed by atoms with Crippen LogP contribution in [0.4, 0.5) is 11.4 Å². The Morgan fingerprint density at radius 2 is 0.886 bits per heavy atom. The van der Waals surface area contributed by atoms with Crippen LogP contribution in [0.2, 0.25) is 0 Å². The van der Waals surface area contributed by atoms with Crippen LogP contribution in [0.25, 0.3) is 0 Å². The molecule has 10 nitrogen and oxygen atoms in total. The highest BCUT2D eigenvalue weighted by molar-refractivity contribution is 7.54. The Labute approximate surface area is 262 Å². The first-order valence-electron chi connectivity index (χ1n) is 15.9. The molecule has 0 amide bonds. The Kier molecular flexibility index (Phi) is 15.8. The third kappa shape index (κ3) is 10.9. The highest BCUT2D eigenvalue weighted by Crippen LogP contribution is 2.62. The summed E-state index contributed by atoms with van der Waals surface area (Å²) in [5, 5.41) is 6.65. The summed E-state index contributed by atoms with van der Waals surface area (Å²) in [7, 11) is -7.33. The zero-order chi connectivity index (χ0) is 31.7. The van der Waals surface area contributed by atoms with Crippen LogP contribution < -0.4 is 10.6 Å². The predicted molar refractivity (Wildman–Crippen MR) is 175 cm³/mol. The van der Waals surface area contributed by atoms with E-state index in [2.05, 4.69) is 10.6 Å². The van der Waals surface area contributed by atoms with Gasteiger partial charge in [-0.05, 0) is 74.2 Å². The molecule has 2 N–H and O–H groups in total. The SMILES string of the molecule is CCCCOP(=O)(OCCCC)C(Nc1ccc(NC(c2ccco2)P(=O)(OCCCC)OCCCC)cc1)c1ccco1. The number of nitrogens with one attached hydrogen (secondary N) is 2. The standard InChI is InChI=1S/C32H50N2O8P2/c1-5-9-23-39-43(35,40-24-10-6-2)31(29-15-13-21-37-29)33-27-17-19-28(20-18-27)34-32(30-16-14-22-38-30)44(36,41-25-11-7-3)42-26-12-8-4/h13-22,31-34H,5-12,23-26H2,1-4H3. The molecule has 2 heterocycles. The molecule has 44 heavy (non-hydrogen) atoms. The van der Waals surface area contributed by atoms with Crippen LogP contribution in [0, 0.1) is 0 Å². The Hall–Kier alpha value is -2.32. The Morgan fingerprint density at radius 3 is 1.14 bits per heavy atom. The van der Waals surface area contributed by atoms with Crippen molar-refractivity contribution < 1.29 is 36.1 Å². The van der Waals surface area contributed by atoms with Crippen molar-refractivity contribution in [1.29, 1.82) is 0 Å². The zero-order valence-corrected chi connectivity index (χ0v) is 28.4. The third-order valence-electron chi connectivity index (χ3n) is 6.83. The summed E-state index contributed by atoms with van der Waals surface area (Å²) in [6.07, 6.45) is 9.74. The van der Waals surface area contributed by atoms with E-state index >= 15 is 0 Å². The average molecular weight is 653 g/mol. The second kappa shape index (κ2) is 19.3. The van der Waals surface area contributed by atoms with Gasteiger partial charge in [-0.1, -0.05) is 53.4 Å². The van der Waals surface area contributed by atoms with E-state index in [0.717, 1.165) is 51.4 Å². The van der Waals surface area contributed by atoms with E-state index in [1.807, 2.05) is 52.0 Å². The molecule has 0 bridgehead atoms. The van der Waals surface area contributed by atoms with E-state index in [4.69, 9.17) is 26.9 Å². The summed E-state index contributed by atoms with van der Waals surface area (Å²) in [6, 6.07) is 14.3. The van der Waals surface area contributed by atoms with Gasteiger partial charge >= 0.3 is 15.2 Å². The van der Waals surface area contributed by atoms with E-state index < -0.39 is 26.8 Å². The zero-order valence-electron chi connectivity index (χ0n) is 26.6. The lowest BCUT2D eigenvalue weighted by Gasteiger charge is -2.28. The van der Waals surface area contributed by atoms with Crippen molar-refractivity contribution in [3.63, 3.8) is 0 Å². The monoisotopic (exact) mass is 652 g/mol. The highest BCUT2D eigenvalue weighted by atomic mass is 31.2. The van der Waals surface area contributed by atoms with Gasteiger partial charge in [0.1, 0.15) is 11.5 Å². The van der Waals surface area contributed by atoms with E-state index in [1.165, 1.54) is 12.5 Å². The average Bonchev–Trinajstić information content (AvgIpc) is 3.75. The van der Waals surface area contributed by atoms with Crippen LogP contribution >= 0.6 is 15.2 Å². The maximum Gasteiger partial charge on any atom is 0.360 e. The van der Waals surface area contributed by atoms with Crippen molar-refractivity contribution in [3.8, 4) is 0 Å². The Morgan fingerprint density at radius 1 is 0.568 bits per heavy atom. The van der Waals surface area contributed by atoms with Gasteiger partial charge in [0, 0.05) is 11.4 Å². The molecule has 0 aliphatic carbocycles. The van der Waals surface area contributed by atoms with Crippen molar-refractivity contribution >= 4 is 26.6 Å². The Balaban J connectivity index is 1.85. The van der Waals surface area contributed by atoms with Crippen molar-refractivity contribution in [2.45, 2.75) is 90.6 Å². The van der Waals surface area contributed by atoms with Gasteiger partial charge in [0.25, 0.3) is 0 Å². The van der Waals surface area contributed by atoms with Gasteiger partial charge in [-0.15, -0.1) is 0 Å². The van der Waals surface area contributed by atoms with Crippen molar-refractivity contribution in [2.75, 3.05) is 37.1 Å². The second-order valence-corrected chi connectivity index (χ2v) is 14.8. The number of unbranched alkanes of at least 4 members (excludes halogenated alkanes) is 4. The maximum absolute atomic E-state index is 14.2. The molecule has 2 aromatic heterocycles. The lowest BCUT2D eigenvalue weighted by molar-refractivity contribution is 0.191. The summed E-state index contributed by atoms with van der Waals surface area (Å²) in [6.45, 7) is 9.46. The normalized spacial score (nSPS) is 13.5. The van der Waals surface area contributed by atoms with Gasteiger partial charge in [-0.3, -0.25) is 9.13 Å². The quantitative estimate of drug-likeness (QED) is 0.0714. The minimum atomic E-state index is -3.66. The van der Waals surface area contributed by atoms with E-state index in [9.17, 15) is 9.13 Å². The van der Waals surface area contributed by atoms with Gasteiger partial charge < -0.3 is 37.6 Å². The molecule has 3 aromatic rings. The fraction of sp³-hybridized carbons (Fsp3) is 0.562. The molecule has 12 heteroatoms. The molecule has 2 atom stereocenters. The van der Waals surface area contributed by atoms with Crippen LogP contribution in [0.3, 0.4) is 0 Å². The van der Waals surface area contributed by atoms with Gasteiger partial charge in [-0.2, -0.15) is 0 Å². The smallest absolute Gasteiger partial charge is 0.360 e. The van der Waals surface area contributed by atoms with Gasteiger partial charge in [0.2, 0.25) is 0 Å². The minimum Gasteiger partial charge on any atom is -0.466 e. The van der Waals surface area contributed by atoms with Crippen LogP contribution in [0.15, 0.2) is 69.9 Å². The number of rotatable bonds is 24. The molecular weight excluding hydrogens is 602 g/mol. The van der Waals surface area contributed by atoms with Gasteiger partial charge in [0.05, 0.1) is 39.0 Å².